The Balaban J connectivity index is 2.08. The summed E-state index contributed by atoms with van der Waals surface area (Å²) in [6.45, 7) is 0.413. The molecule has 2 rings (SSSR count). The minimum absolute atomic E-state index is 0.209. The second-order valence-electron chi connectivity index (χ2n) is 4.21. The van der Waals surface area contributed by atoms with Gasteiger partial charge in [-0.15, -0.1) is 0 Å². The monoisotopic (exact) mass is 234 g/mol. The molecule has 1 saturated carbocycles. The maximum absolute atomic E-state index is 13.1. The lowest BCUT2D eigenvalue weighted by atomic mass is 9.86. The molecule has 0 saturated heterocycles. The molecular formula is C14H15FO2. The maximum atomic E-state index is 13.1. The molecule has 0 amide bonds. The van der Waals surface area contributed by atoms with Crippen LogP contribution in [0.5, 0.6) is 5.75 Å². The molecule has 0 radical (unpaired) electrons. The highest BCUT2D eigenvalue weighted by Crippen LogP contribution is 2.28. The van der Waals surface area contributed by atoms with Gasteiger partial charge in [-0.2, -0.15) is 0 Å². The Hall–Kier alpha value is -1.53. The number of benzene rings is 1. The van der Waals surface area contributed by atoms with Crippen molar-refractivity contribution in [2.24, 2.45) is 5.92 Å². The Labute approximate surface area is 100 Å². The van der Waals surface area contributed by atoms with Gasteiger partial charge in [-0.3, -0.25) is 0 Å². The van der Waals surface area contributed by atoms with E-state index in [0.717, 1.165) is 0 Å². The van der Waals surface area contributed by atoms with Crippen LogP contribution in [0, 0.1) is 23.6 Å². The van der Waals surface area contributed by atoms with Crippen LogP contribution in [-0.2, 0) is 0 Å². The molecule has 0 aromatic heterocycles. The van der Waals surface area contributed by atoms with Crippen molar-refractivity contribution in [3.8, 4) is 17.6 Å². The first-order valence-corrected chi connectivity index (χ1v) is 5.81. The number of aliphatic hydroxyl groups excluding tert-OH is 1. The minimum atomic E-state index is -0.330. The molecule has 1 fully saturated rings. The normalized spacial score (nSPS) is 14.7. The molecule has 2 nitrogen and oxygen atoms in total. The van der Waals surface area contributed by atoms with Crippen LogP contribution in [0.3, 0.4) is 0 Å². The summed E-state index contributed by atoms with van der Waals surface area (Å²) in [6.07, 6.45) is 3.63. The SMILES string of the molecule is OCC#Cc1ccc(F)cc1OCC1CCC1. The molecule has 0 spiro atoms. The van der Waals surface area contributed by atoms with Crippen molar-refractivity contribution in [3.05, 3.63) is 29.6 Å². The third kappa shape index (κ3) is 3.21. The molecule has 17 heavy (non-hydrogen) atoms. The average molecular weight is 234 g/mol. The van der Waals surface area contributed by atoms with Crippen molar-refractivity contribution < 1.29 is 14.2 Å². The molecule has 0 unspecified atom stereocenters. The van der Waals surface area contributed by atoms with E-state index >= 15 is 0 Å². The van der Waals surface area contributed by atoms with E-state index in [1.54, 1.807) is 6.07 Å². The fourth-order valence-corrected chi connectivity index (χ4v) is 1.72. The van der Waals surface area contributed by atoms with E-state index in [1.165, 1.54) is 31.4 Å². The molecule has 0 heterocycles. The van der Waals surface area contributed by atoms with Gasteiger partial charge in [0.25, 0.3) is 0 Å². The molecule has 1 aliphatic carbocycles. The second kappa shape index (κ2) is 5.70. The Morgan fingerprint density at radius 3 is 2.88 bits per heavy atom. The van der Waals surface area contributed by atoms with Crippen LogP contribution in [-0.4, -0.2) is 18.3 Å². The topological polar surface area (TPSA) is 29.5 Å². The largest absolute Gasteiger partial charge is 0.492 e. The van der Waals surface area contributed by atoms with Gasteiger partial charge in [0.05, 0.1) is 12.2 Å². The molecule has 1 N–H and O–H groups in total. The Bertz CT molecular complexity index is 441. The quantitative estimate of drug-likeness (QED) is 0.813. The molecule has 0 aliphatic heterocycles. The lowest BCUT2D eigenvalue weighted by Gasteiger charge is -2.25. The number of ether oxygens (including phenoxy) is 1. The van der Waals surface area contributed by atoms with Gasteiger partial charge < -0.3 is 9.84 Å². The van der Waals surface area contributed by atoms with Crippen molar-refractivity contribution in [1.29, 1.82) is 0 Å². The first kappa shape index (κ1) is 11.9. The molecule has 3 heteroatoms. The van der Waals surface area contributed by atoms with Gasteiger partial charge in [-0.05, 0) is 30.9 Å². The van der Waals surface area contributed by atoms with Gasteiger partial charge in [0, 0.05) is 6.07 Å². The van der Waals surface area contributed by atoms with E-state index < -0.39 is 0 Å². The number of halogens is 1. The fraction of sp³-hybridized carbons (Fsp3) is 0.429. The second-order valence-corrected chi connectivity index (χ2v) is 4.21. The van der Waals surface area contributed by atoms with Crippen molar-refractivity contribution in [3.63, 3.8) is 0 Å². The zero-order chi connectivity index (χ0) is 12.1. The van der Waals surface area contributed by atoms with Crippen LogP contribution in [0.25, 0.3) is 0 Å². The highest BCUT2D eigenvalue weighted by Gasteiger charge is 2.18. The highest BCUT2D eigenvalue weighted by molar-refractivity contribution is 5.46. The van der Waals surface area contributed by atoms with Crippen LogP contribution in [0.2, 0.25) is 0 Å². The highest BCUT2D eigenvalue weighted by atomic mass is 19.1. The molecule has 1 aliphatic rings. The summed E-state index contributed by atoms with van der Waals surface area (Å²) >= 11 is 0. The zero-order valence-electron chi connectivity index (χ0n) is 9.58. The summed E-state index contributed by atoms with van der Waals surface area (Å²) in [4.78, 5) is 0. The van der Waals surface area contributed by atoms with Crippen molar-refractivity contribution in [2.45, 2.75) is 19.3 Å². The summed E-state index contributed by atoms with van der Waals surface area (Å²) in [5.74, 6) is 6.04. The van der Waals surface area contributed by atoms with Crippen LogP contribution in [0.1, 0.15) is 24.8 Å². The van der Waals surface area contributed by atoms with Gasteiger partial charge in [-0.1, -0.05) is 18.3 Å². The number of hydrogen-bond donors (Lipinski definition) is 1. The summed E-state index contributed by atoms with van der Waals surface area (Å²) in [6, 6.07) is 4.27. The van der Waals surface area contributed by atoms with Crippen LogP contribution < -0.4 is 4.74 Å². The van der Waals surface area contributed by atoms with Crippen molar-refractivity contribution in [1.82, 2.24) is 0 Å². The van der Waals surface area contributed by atoms with E-state index in [1.807, 2.05) is 0 Å². The maximum Gasteiger partial charge on any atom is 0.137 e. The van der Waals surface area contributed by atoms with Crippen molar-refractivity contribution >= 4 is 0 Å². The van der Waals surface area contributed by atoms with E-state index in [2.05, 4.69) is 11.8 Å². The fourth-order valence-electron chi connectivity index (χ4n) is 1.72. The first-order valence-electron chi connectivity index (χ1n) is 5.81. The smallest absolute Gasteiger partial charge is 0.137 e. The summed E-state index contributed by atoms with van der Waals surface area (Å²) in [5, 5.41) is 8.65. The lowest BCUT2D eigenvalue weighted by Crippen LogP contribution is -2.19. The molecule has 0 bridgehead atoms. The number of aliphatic hydroxyl groups is 1. The molecule has 0 atom stereocenters. The van der Waals surface area contributed by atoms with E-state index in [4.69, 9.17) is 9.84 Å². The lowest BCUT2D eigenvalue weighted by molar-refractivity contribution is 0.180. The summed E-state index contributed by atoms with van der Waals surface area (Å²) in [5.41, 5.74) is 0.625. The number of rotatable bonds is 3. The standard InChI is InChI=1S/C14H15FO2/c15-13-7-6-12(5-2-8-16)14(9-13)17-10-11-3-1-4-11/h6-7,9,11,16H,1,3-4,8,10H2. The van der Waals surface area contributed by atoms with Gasteiger partial charge in [0.1, 0.15) is 18.2 Å². The van der Waals surface area contributed by atoms with Crippen molar-refractivity contribution in [2.75, 3.05) is 13.2 Å². The van der Waals surface area contributed by atoms with Crippen LogP contribution in [0.15, 0.2) is 18.2 Å². The predicted molar refractivity (Wildman–Crippen MR) is 63.2 cm³/mol. The molecule has 90 valence electrons. The minimum Gasteiger partial charge on any atom is -0.492 e. The predicted octanol–water partition coefficient (Wildman–Crippen LogP) is 2.35. The van der Waals surface area contributed by atoms with Gasteiger partial charge in [-0.25, -0.2) is 4.39 Å². The van der Waals surface area contributed by atoms with E-state index in [9.17, 15) is 4.39 Å². The van der Waals surface area contributed by atoms with E-state index in [-0.39, 0.29) is 12.4 Å². The first-order chi connectivity index (χ1) is 8.29. The third-order valence-electron chi connectivity index (χ3n) is 2.95. The van der Waals surface area contributed by atoms with E-state index in [0.29, 0.717) is 23.8 Å². The molecular weight excluding hydrogens is 219 g/mol. The Morgan fingerprint density at radius 2 is 2.24 bits per heavy atom. The average Bonchev–Trinajstić information content (AvgIpc) is 2.26. The summed E-state index contributed by atoms with van der Waals surface area (Å²) < 4.78 is 18.7. The zero-order valence-corrected chi connectivity index (χ0v) is 9.58. The summed E-state index contributed by atoms with van der Waals surface area (Å²) in [7, 11) is 0. The van der Waals surface area contributed by atoms with Crippen LogP contribution in [0.4, 0.5) is 4.39 Å². The third-order valence-corrected chi connectivity index (χ3v) is 2.95. The van der Waals surface area contributed by atoms with Gasteiger partial charge in [0.15, 0.2) is 0 Å². The Morgan fingerprint density at radius 1 is 1.41 bits per heavy atom. The molecule has 1 aromatic carbocycles. The van der Waals surface area contributed by atoms with Gasteiger partial charge in [0.2, 0.25) is 0 Å². The van der Waals surface area contributed by atoms with Crippen LogP contribution >= 0.6 is 0 Å². The van der Waals surface area contributed by atoms with Gasteiger partial charge >= 0.3 is 0 Å². The molecule has 1 aromatic rings. The Kier molecular flexibility index (Phi) is 4.00. The number of hydrogen-bond acceptors (Lipinski definition) is 2.